The smallest absolute Gasteiger partial charge is 0.252 e. The van der Waals surface area contributed by atoms with E-state index in [1.165, 1.54) is 11.8 Å². The number of rotatable bonds is 5. The number of hydrogen-bond acceptors (Lipinski definition) is 4. The summed E-state index contributed by atoms with van der Waals surface area (Å²) in [4.78, 5) is 15.8. The van der Waals surface area contributed by atoms with Crippen molar-refractivity contribution in [1.82, 2.24) is 10.3 Å². The zero-order valence-corrected chi connectivity index (χ0v) is 10.5. The van der Waals surface area contributed by atoms with Crippen molar-refractivity contribution in [3.05, 3.63) is 59.8 Å². The largest absolute Gasteiger partial charge is 0.352 e. The quantitative estimate of drug-likeness (QED) is 0.557. The van der Waals surface area contributed by atoms with Crippen molar-refractivity contribution in [3.63, 3.8) is 0 Å². The van der Waals surface area contributed by atoms with Crippen LogP contribution in [0.15, 0.2) is 48.7 Å². The first kappa shape index (κ1) is 13.0. The van der Waals surface area contributed by atoms with Crippen LogP contribution in [0.2, 0.25) is 0 Å². The van der Waals surface area contributed by atoms with Gasteiger partial charge in [0, 0.05) is 12.7 Å². The average Bonchev–Trinajstić information content (AvgIpc) is 2.48. The molecule has 0 unspecified atom stereocenters. The summed E-state index contributed by atoms with van der Waals surface area (Å²) in [6.45, 7) is 0.597. The van der Waals surface area contributed by atoms with Crippen LogP contribution in [-0.4, -0.2) is 17.4 Å². The Bertz CT molecular complexity index is 525. The number of anilines is 1. The van der Waals surface area contributed by atoms with E-state index >= 15 is 0 Å². The number of hydrogen-bond donors (Lipinski definition) is 3. The number of nitrogens with two attached hydrogens (primary N) is 1. The molecule has 1 aromatic heterocycles. The molecule has 19 heavy (non-hydrogen) atoms. The van der Waals surface area contributed by atoms with Crippen LogP contribution in [0.3, 0.4) is 0 Å². The fourth-order valence-corrected chi connectivity index (χ4v) is 1.68. The molecule has 0 aliphatic rings. The highest BCUT2D eigenvalue weighted by Crippen LogP contribution is 2.03. The van der Waals surface area contributed by atoms with Gasteiger partial charge in [0.05, 0.1) is 5.56 Å². The average molecular weight is 256 g/mol. The van der Waals surface area contributed by atoms with Gasteiger partial charge in [0.15, 0.2) is 0 Å². The van der Waals surface area contributed by atoms with Gasteiger partial charge in [-0.25, -0.2) is 10.8 Å². The van der Waals surface area contributed by atoms with Crippen molar-refractivity contribution < 1.29 is 4.79 Å². The molecule has 98 valence electrons. The monoisotopic (exact) mass is 256 g/mol. The van der Waals surface area contributed by atoms with Crippen LogP contribution in [0.5, 0.6) is 0 Å². The normalized spacial score (nSPS) is 9.95. The molecule has 0 radical (unpaired) electrons. The molecular formula is C14H16N4O. The molecule has 2 rings (SSSR count). The summed E-state index contributed by atoms with van der Waals surface area (Å²) >= 11 is 0. The molecule has 0 saturated heterocycles. The minimum absolute atomic E-state index is 0.132. The summed E-state index contributed by atoms with van der Waals surface area (Å²) in [7, 11) is 0. The Morgan fingerprint density at radius 1 is 1.16 bits per heavy atom. The minimum Gasteiger partial charge on any atom is -0.352 e. The van der Waals surface area contributed by atoms with Gasteiger partial charge in [0.25, 0.3) is 5.91 Å². The molecule has 5 nitrogen and oxygen atoms in total. The van der Waals surface area contributed by atoms with E-state index in [1.807, 2.05) is 30.3 Å². The molecule has 4 N–H and O–H groups in total. The minimum atomic E-state index is -0.132. The first-order valence-electron chi connectivity index (χ1n) is 6.04. The van der Waals surface area contributed by atoms with Gasteiger partial charge in [-0.15, -0.1) is 0 Å². The van der Waals surface area contributed by atoms with Crippen LogP contribution in [0.1, 0.15) is 15.9 Å². The highest BCUT2D eigenvalue weighted by Gasteiger charge is 2.05. The molecule has 1 heterocycles. The lowest BCUT2D eigenvalue weighted by molar-refractivity contribution is 0.0954. The fraction of sp³-hybridized carbons (Fsp3) is 0.143. The van der Waals surface area contributed by atoms with Gasteiger partial charge in [0.2, 0.25) is 0 Å². The topological polar surface area (TPSA) is 80.0 Å². The van der Waals surface area contributed by atoms with Crippen LogP contribution < -0.4 is 16.6 Å². The third-order valence-electron chi connectivity index (χ3n) is 2.72. The van der Waals surface area contributed by atoms with Crippen LogP contribution in [0.25, 0.3) is 0 Å². The van der Waals surface area contributed by atoms with Crippen molar-refractivity contribution in [3.8, 4) is 0 Å². The molecule has 1 amide bonds. The van der Waals surface area contributed by atoms with Gasteiger partial charge in [-0.1, -0.05) is 30.3 Å². The second-order valence-electron chi connectivity index (χ2n) is 4.07. The molecule has 0 bridgehead atoms. The molecule has 0 spiro atoms. The van der Waals surface area contributed by atoms with E-state index in [9.17, 15) is 4.79 Å². The molecular weight excluding hydrogens is 240 g/mol. The molecule has 1 aromatic carbocycles. The van der Waals surface area contributed by atoms with Gasteiger partial charge in [0.1, 0.15) is 5.82 Å². The van der Waals surface area contributed by atoms with Crippen molar-refractivity contribution in [2.45, 2.75) is 6.42 Å². The second kappa shape index (κ2) is 6.51. The number of nitrogen functional groups attached to an aromatic ring is 1. The Morgan fingerprint density at radius 3 is 2.58 bits per heavy atom. The zero-order valence-electron chi connectivity index (χ0n) is 10.5. The lowest BCUT2D eigenvalue weighted by Crippen LogP contribution is -2.25. The van der Waals surface area contributed by atoms with Crippen molar-refractivity contribution in [2.24, 2.45) is 5.84 Å². The number of nitrogens with one attached hydrogen (secondary N) is 2. The molecule has 0 atom stereocenters. The van der Waals surface area contributed by atoms with E-state index in [0.717, 1.165) is 6.42 Å². The first-order chi connectivity index (χ1) is 9.29. The number of aromatic nitrogens is 1. The van der Waals surface area contributed by atoms with Gasteiger partial charge >= 0.3 is 0 Å². The zero-order chi connectivity index (χ0) is 13.5. The highest BCUT2D eigenvalue weighted by molar-refractivity contribution is 5.94. The van der Waals surface area contributed by atoms with Gasteiger partial charge in [-0.2, -0.15) is 0 Å². The van der Waals surface area contributed by atoms with Crippen molar-refractivity contribution >= 4 is 11.7 Å². The predicted octanol–water partition coefficient (Wildman–Crippen LogP) is 1.34. The summed E-state index contributed by atoms with van der Waals surface area (Å²) in [6, 6.07) is 13.4. The Labute approximate surface area is 111 Å². The molecule has 0 saturated carbocycles. The van der Waals surface area contributed by atoms with Crippen LogP contribution in [0.4, 0.5) is 5.82 Å². The van der Waals surface area contributed by atoms with Crippen LogP contribution in [-0.2, 0) is 6.42 Å². The first-order valence-corrected chi connectivity index (χ1v) is 6.04. The van der Waals surface area contributed by atoms with Gasteiger partial charge in [-0.05, 0) is 24.1 Å². The molecule has 0 aliphatic carbocycles. The summed E-state index contributed by atoms with van der Waals surface area (Å²) in [5.74, 6) is 5.60. The van der Waals surface area contributed by atoms with Gasteiger partial charge in [-0.3, -0.25) is 4.79 Å². The summed E-state index contributed by atoms with van der Waals surface area (Å²) in [6.07, 6.45) is 2.30. The number of hydrazine groups is 1. The highest BCUT2D eigenvalue weighted by atomic mass is 16.1. The van der Waals surface area contributed by atoms with E-state index in [-0.39, 0.29) is 5.91 Å². The maximum Gasteiger partial charge on any atom is 0.252 e. The van der Waals surface area contributed by atoms with E-state index < -0.39 is 0 Å². The number of benzene rings is 1. The summed E-state index contributed by atoms with van der Waals surface area (Å²) in [5, 5.41) is 2.85. The van der Waals surface area contributed by atoms with Crippen LogP contribution >= 0.6 is 0 Å². The number of nitrogens with zero attached hydrogens (tertiary/aromatic N) is 1. The number of pyridine rings is 1. The SMILES string of the molecule is NNc1ccc(C(=O)NCCc2ccccc2)cn1. The summed E-state index contributed by atoms with van der Waals surface area (Å²) < 4.78 is 0. The predicted molar refractivity (Wildman–Crippen MR) is 74.5 cm³/mol. The van der Waals surface area contributed by atoms with Gasteiger partial charge < -0.3 is 10.7 Å². The third-order valence-corrected chi connectivity index (χ3v) is 2.72. The molecule has 0 fully saturated rings. The molecule has 5 heteroatoms. The van der Waals surface area contributed by atoms with Crippen molar-refractivity contribution in [2.75, 3.05) is 12.0 Å². The maximum absolute atomic E-state index is 11.8. The third kappa shape index (κ3) is 3.79. The Hall–Kier alpha value is -2.40. The number of carbonyl (C=O) groups is 1. The Balaban J connectivity index is 1.84. The van der Waals surface area contributed by atoms with Crippen molar-refractivity contribution in [1.29, 1.82) is 0 Å². The lowest BCUT2D eigenvalue weighted by Gasteiger charge is -2.06. The van der Waals surface area contributed by atoms with E-state index in [0.29, 0.717) is 17.9 Å². The van der Waals surface area contributed by atoms with E-state index in [1.54, 1.807) is 12.1 Å². The molecule has 0 aliphatic heterocycles. The maximum atomic E-state index is 11.8. The summed E-state index contributed by atoms with van der Waals surface area (Å²) in [5.41, 5.74) is 4.13. The Kier molecular flexibility index (Phi) is 4.47. The second-order valence-corrected chi connectivity index (χ2v) is 4.07. The van der Waals surface area contributed by atoms with Crippen LogP contribution in [0, 0.1) is 0 Å². The Morgan fingerprint density at radius 2 is 1.95 bits per heavy atom. The lowest BCUT2D eigenvalue weighted by atomic mass is 10.1. The standard InChI is InChI=1S/C14H16N4O/c15-18-13-7-6-12(10-17-13)14(19)16-9-8-11-4-2-1-3-5-11/h1-7,10H,8-9,15H2,(H,16,19)(H,17,18). The van der Waals surface area contributed by atoms with E-state index in [4.69, 9.17) is 5.84 Å². The van der Waals surface area contributed by atoms with E-state index in [2.05, 4.69) is 15.7 Å². The fourth-order valence-electron chi connectivity index (χ4n) is 1.68. The number of amides is 1. The number of carbonyl (C=O) groups excluding carboxylic acids is 1. The molecule has 2 aromatic rings.